The molecule has 1 amide bonds. The highest BCUT2D eigenvalue weighted by Crippen LogP contribution is 2.26. The Morgan fingerprint density at radius 1 is 1.17 bits per heavy atom. The SMILES string of the molecule is CC(C)NC(=O)c1ccc(Cl)c(NS(=O)(=O)c2cccc(F)c2)c1. The second kappa shape index (κ2) is 7.19. The van der Waals surface area contributed by atoms with Crippen LogP contribution in [0, 0.1) is 5.82 Å². The Morgan fingerprint density at radius 2 is 1.88 bits per heavy atom. The first kappa shape index (κ1) is 18.2. The zero-order chi connectivity index (χ0) is 17.9. The number of hydrogen-bond donors (Lipinski definition) is 2. The molecule has 24 heavy (non-hydrogen) atoms. The lowest BCUT2D eigenvalue weighted by atomic mass is 10.2. The van der Waals surface area contributed by atoms with Gasteiger partial charge in [-0.1, -0.05) is 17.7 Å². The van der Waals surface area contributed by atoms with Crippen LogP contribution >= 0.6 is 11.6 Å². The van der Waals surface area contributed by atoms with Gasteiger partial charge in [-0.05, 0) is 50.2 Å². The van der Waals surface area contributed by atoms with Gasteiger partial charge in [0.15, 0.2) is 0 Å². The molecule has 0 aliphatic heterocycles. The van der Waals surface area contributed by atoms with Crippen molar-refractivity contribution in [3.63, 3.8) is 0 Å². The van der Waals surface area contributed by atoms with E-state index in [2.05, 4.69) is 10.0 Å². The highest BCUT2D eigenvalue weighted by molar-refractivity contribution is 7.92. The largest absolute Gasteiger partial charge is 0.350 e. The molecule has 8 heteroatoms. The van der Waals surface area contributed by atoms with Crippen LogP contribution in [0.2, 0.25) is 5.02 Å². The van der Waals surface area contributed by atoms with Crippen molar-refractivity contribution >= 4 is 33.2 Å². The summed E-state index contributed by atoms with van der Waals surface area (Å²) in [5.74, 6) is -1.03. The van der Waals surface area contributed by atoms with E-state index in [0.29, 0.717) is 0 Å². The molecule has 2 aromatic rings. The van der Waals surface area contributed by atoms with E-state index in [4.69, 9.17) is 11.6 Å². The van der Waals surface area contributed by atoms with Crippen LogP contribution in [0.25, 0.3) is 0 Å². The number of amides is 1. The van der Waals surface area contributed by atoms with E-state index in [1.165, 1.54) is 30.3 Å². The van der Waals surface area contributed by atoms with Crippen LogP contribution in [0.5, 0.6) is 0 Å². The summed E-state index contributed by atoms with van der Waals surface area (Å²) in [5.41, 5.74) is 0.294. The van der Waals surface area contributed by atoms with E-state index in [-0.39, 0.29) is 33.1 Å². The molecule has 0 unspecified atom stereocenters. The monoisotopic (exact) mass is 370 g/mol. The Hall–Kier alpha value is -2.12. The van der Waals surface area contributed by atoms with Crippen LogP contribution < -0.4 is 10.0 Å². The lowest BCUT2D eigenvalue weighted by molar-refractivity contribution is 0.0943. The summed E-state index contributed by atoms with van der Waals surface area (Å²) in [6.45, 7) is 3.61. The van der Waals surface area contributed by atoms with Gasteiger partial charge in [0.2, 0.25) is 0 Å². The molecule has 0 spiro atoms. The summed E-state index contributed by atoms with van der Waals surface area (Å²) >= 11 is 6.00. The van der Waals surface area contributed by atoms with Crippen molar-refractivity contribution in [2.75, 3.05) is 4.72 Å². The quantitative estimate of drug-likeness (QED) is 0.846. The van der Waals surface area contributed by atoms with E-state index < -0.39 is 15.8 Å². The van der Waals surface area contributed by atoms with Crippen molar-refractivity contribution < 1.29 is 17.6 Å². The first-order chi connectivity index (χ1) is 11.2. The number of halogens is 2. The van der Waals surface area contributed by atoms with E-state index in [9.17, 15) is 17.6 Å². The summed E-state index contributed by atoms with van der Waals surface area (Å²) in [6.07, 6.45) is 0. The number of nitrogens with one attached hydrogen (secondary N) is 2. The normalized spacial score (nSPS) is 11.4. The van der Waals surface area contributed by atoms with Crippen LogP contribution in [0.3, 0.4) is 0 Å². The predicted octanol–water partition coefficient (Wildman–Crippen LogP) is 3.42. The first-order valence-corrected chi connectivity index (χ1v) is 8.94. The van der Waals surface area contributed by atoms with Crippen molar-refractivity contribution in [3.8, 4) is 0 Å². The van der Waals surface area contributed by atoms with Gasteiger partial charge in [-0.2, -0.15) is 0 Å². The highest BCUT2D eigenvalue weighted by atomic mass is 35.5. The maximum Gasteiger partial charge on any atom is 0.262 e. The van der Waals surface area contributed by atoms with Crippen LogP contribution in [0.1, 0.15) is 24.2 Å². The molecule has 0 fully saturated rings. The lowest BCUT2D eigenvalue weighted by Gasteiger charge is -2.12. The molecule has 0 radical (unpaired) electrons. The Labute approximate surface area is 144 Å². The van der Waals surface area contributed by atoms with E-state index in [1.807, 2.05) is 0 Å². The third kappa shape index (κ3) is 4.46. The zero-order valence-electron chi connectivity index (χ0n) is 13.0. The smallest absolute Gasteiger partial charge is 0.262 e. The van der Waals surface area contributed by atoms with Gasteiger partial charge in [0.25, 0.3) is 15.9 Å². The summed E-state index contributed by atoms with van der Waals surface area (Å²) in [6, 6.07) is 8.75. The van der Waals surface area contributed by atoms with Gasteiger partial charge in [0.1, 0.15) is 5.82 Å². The second-order valence-electron chi connectivity index (χ2n) is 5.39. The number of hydrogen-bond acceptors (Lipinski definition) is 3. The Balaban J connectivity index is 2.33. The lowest BCUT2D eigenvalue weighted by Crippen LogP contribution is -2.30. The Morgan fingerprint density at radius 3 is 2.50 bits per heavy atom. The fraction of sp³-hybridized carbons (Fsp3) is 0.188. The first-order valence-electron chi connectivity index (χ1n) is 7.08. The third-order valence-electron chi connectivity index (χ3n) is 3.00. The van der Waals surface area contributed by atoms with Crippen LogP contribution in [-0.4, -0.2) is 20.4 Å². The number of rotatable bonds is 5. The Bertz CT molecular complexity index is 869. The number of carbonyl (C=O) groups is 1. The zero-order valence-corrected chi connectivity index (χ0v) is 14.6. The van der Waals surface area contributed by atoms with E-state index >= 15 is 0 Å². The number of anilines is 1. The van der Waals surface area contributed by atoms with Gasteiger partial charge < -0.3 is 5.32 Å². The van der Waals surface area contributed by atoms with E-state index in [1.54, 1.807) is 13.8 Å². The van der Waals surface area contributed by atoms with Crippen LogP contribution in [0.4, 0.5) is 10.1 Å². The minimum atomic E-state index is -4.03. The number of sulfonamides is 1. The molecule has 128 valence electrons. The highest BCUT2D eigenvalue weighted by Gasteiger charge is 2.18. The van der Waals surface area contributed by atoms with Gasteiger partial charge in [0.05, 0.1) is 15.6 Å². The summed E-state index contributed by atoms with van der Waals surface area (Å²) < 4.78 is 40.2. The molecule has 0 atom stereocenters. The molecule has 0 aliphatic carbocycles. The number of carbonyl (C=O) groups excluding carboxylic acids is 1. The van der Waals surface area contributed by atoms with Crippen molar-refractivity contribution in [1.82, 2.24) is 5.32 Å². The summed E-state index contributed by atoms with van der Waals surface area (Å²) in [7, 11) is -4.03. The van der Waals surface area contributed by atoms with Gasteiger partial charge >= 0.3 is 0 Å². The maximum absolute atomic E-state index is 13.2. The Kier molecular flexibility index (Phi) is 5.46. The van der Waals surface area contributed by atoms with E-state index in [0.717, 1.165) is 12.1 Å². The minimum absolute atomic E-state index is 0.0392. The van der Waals surface area contributed by atoms with Crippen molar-refractivity contribution in [1.29, 1.82) is 0 Å². The molecule has 0 aliphatic rings. The summed E-state index contributed by atoms with van der Waals surface area (Å²) in [5, 5.41) is 2.82. The average molecular weight is 371 g/mol. The molecule has 0 saturated carbocycles. The predicted molar refractivity (Wildman–Crippen MR) is 91.3 cm³/mol. The molecule has 0 heterocycles. The second-order valence-corrected chi connectivity index (χ2v) is 7.48. The van der Waals surface area contributed by atoms with Gasteiger partial charge in [0, 0.05) is 11.6 Å². The molecule has 0 aromatic heterocycles. The molecule has 0 bridgehead atoms. The molecule has 2 aromatic carbocycles. The van der Waals surface area contributed by atoms with Crippen molar-refractivity contribution in [3.05, 3.63) is 58.9 Å². The molecule has 5 nitrogen and oxygen atoms in total. The molecular weight excluding hydrogens is 355 g/mol. The summed E-state index contributed by atoms with van der Waals surface area (Å²) in [4.78, 5) is 11.8. The molecule has 2 rings (SSSR count). The van der Waals surface area contributed by atoms with Gasteiger partial charge in [-0.3, -0.25) is 9.52 Å². The number of benzene rings is 2. The van der Waals surface area contributed by atoms with Crippen molar-refractivity contribution in [2.24, 2.45) is 0 Å². The molecule has 0 saturated heterocycles. The van der Waals surface area contributed by atoms with Gasteiger partial charge in [-0.25, -0.2) is 12.8 Å². The van der Waals surface area contributed by atoms with Gasteiger partial charge in [-0.15, -0.1) is 0 Å². The van der Waals surface area contributed by atoms with Crippen molar-refractivity contribution in [2.45, 2.75) is 24.8 Å². The standard InChI is InChI=1S/C16H16ClFN2O3S/c1-10(2)19-16(21)11-6-7-14(17)15(8-11)20-24(22,23)13-5-3-4-12(18)9-13/h3-10,20H,1-2H3,(H,19,21). The average Bonchev–Trinajstić information content (AvgIpc) is 2.48. The van der Waals surface area contributed by atoms with Crippen LogP contribution in [-0.2, 0) is 10.0 Å². The topological polar surface area (TPSA) is 75.3 Å². The molecule has 2 N–H and O–H groups in total. The fourth-order valence-corrected chi connectivity index (χ4v) is 3.25. The maximum atomic E-state index is 13.2. The van der Waals surface area contributed by atoms with Crippen LogP contribution in [0.15, 0.2) is 47.4 Å². The molecular formula is C16H16ClFN2O3S. The third-order valence-corrected chi connectivity index (χ3v) is 4.69. The minimum Gasteiger partial charge on any atom is -0.350 e. The fourth-order valence-electron chi connectivity index (χ4n) is 1.93.